The third-order valence-electron chi connectivity index (χ3n) is 5.60. The highest BCUT2D eigenvalue weighted by atomic mass is 16.2. The van der Waals surface area contributed by atoms with Crippen LogP contribution in [0.1, 0.15) is 58.8 Å². The second kappa shape index (κ2) is 5.05. The minimum absolute atomic E-state index is 0.0505. The second-order valence-corrected chi connectivity index (χ2v) is 7.02. The number of hydrogen-bond donors (Lipinski definition) is 1. The highest BCUT2D eigenvalue weighted by Gasteiger charge is 2.52. The smallest absolute Gasteiger partial charge is 0.246 e. The fourth-order valence-corrected chi connectivity index (χ4v) is 3.74. The zero-order chi connectivity index (χ0) is 14.3. The Bertz CT molecular complexity index is 413. The predicted octanol–water partition coefficient (Wildman–Crippen LogP) is 2.08. The van der Waals surface area contributed by atoms with E-state index in [1.165, 1.54) is 25.7 Å². The summed E-state index contributed by atoms with van der Waals surface area (Å²) < 4.78 is 0. The van der Waals surface area contributed by atoms with Gasteiger partial charge in [0.15, 0.2) is 0 Å². The Morgan fingerprint density at radius 2 is 1.85 bits per heavy atom. The fraction of sp³-hybridized carbons (Fsp3) is 0.875. The van der Waals surface area contributed by atoms with Crippen LogP contribution < -0.4 is 5.32 Å². The molecule has 2 unspecified atom stereocenters. The molecule has 112 valence electrons. The number of amides is 2. The van der Waals surface area contributed by atoms with Crippen LogP contribution in [-0.4, -0.2) is 34.8 Å². The molecule has 0 radical (unpaired) electrons. The standard InChI is InChI=1S/C16H26N2O2/c1-3-16(2)15(20)17-13(12-8-9-12)14(19)18(16)10-11-6-4-5-7-11/h11-13H,3-10H2,1-2H3,(H,17,20). The Morgan fingerprint density at radius 1 is 1.20 bits per heavy atom. The van der Waals surface area contributed by atoms with E-state index in [2.05, 4.69) is 5.32 Å². The van der Waals surface area contributed by atoms with Crippen molar-refractivity contribution in [2.45, 2.75) is 70.4 Å². The Kier molecular flexibility index (Phi) is 3.51. The molecular weight excluding hydrogens is 252 g/mol. The molecule has 2 amide bonds. The van der Waals surface area contributed by atoms with E-state index in [0.29, 0.717) is 18.3 Å². The average molecular weight is 278 g/mol. The van der Waals surface area contributed by atoms with Crippen molar-refractivity contribution >= 4 is 11.8 Å². The van der Waals surface area contributed by atoms with Crippen LogP contribution in [0.25, 0.3) is 0 Å². The van der Waals surface area contributed by atoms with Gasteiger partial charge in [0.25, 0.3) is 0 Å². The van der Waals surface area contributed by atoms with Crippen molar-refractivity contribution in [3.63, 3.8) is 0 Å². The van der Waals surface area contributed by atoms with E-state index in [1.54, 1.807) is 0 Å². The first-order chi connectivity index (χ1) is 9.56. The summed E-state index contributed by atoms with van der Waals surface area (Å²) in [7, 11) is 0. The van der Waals surface area contributed by atoms with E-state index in [4.69, 9.17) is 0 Å². The summed E-state index contributed by atoms with van der Waals surface area (Å²) in [6, 6.07) is -0.247. The third-order valence-corrected chi connectivity index (χ3v) is 5.60. The lowest BCUT2D eigenvalue weighted by Gasteiger charge is -2.47. The molecule has 3 aliphatic rings. The Morgan fingerprint density at radius 3 is 2.40 bits per heavy atom. The van der Waals surface area contributed by atoms with E-state index in [0.717, 1.165) is 19.4 Å². The number of hydrogen-bond acceptors (Lipinski definition) is 2. The van der Waals surface area contributed by atoms with Crippen molar-refractivity contribution in [3.05, 3.63) is 0 Å². The molecular formula is C16H26N2O2. The first-order valence-corrected chi connectivity index (χ1v) is 8.18. The van der Waals surface area contributed by atoms with Gasteiger partial charge in [-0.15, -0.1) is 0 Å². The molecule has 1 N–H and O–H groups in total. The van der Waals surface area contributed by atoms with E-state index in [1.807, 2.05) is 18.7 Å². The molecule has 1 saturated heterocycles. The molecule has 4 heteroatoms. The lowest BCUT2D eigenvalue weighted by Crippen LogP contribution is -2.70. The molecule has 4 nitrogen and oxygen atoms in total. The third kappa shape index (κ3) is 2.23. The van der Waals surface area contributed by atoms with E-state index >= 15 is 0 Å². The van der Waals surface area contributed by atoms with Crippen LogP contribution in [0.2, 0.25) is 0 Å². The summed E-state index contributed by atoms with van der Waals surface area (Å²) in [5, 5.41) is 2.99. The Balaban J connectivity index is 1.82. The maximum absolute atomic E-state index is 12.8. The van der Waals surface area contributed by atoms with Gasteiger partial charge in [0, 0.05) is 6.54 Å². The molecule has 1 heterocycles. The first kappa shape index (κ1) is 13.9. The zero-order valence-electron chi connectivity index (χ0n) is 12.7. The molecule has 2 saturated carbocycles. The summed E-state index contributed by atoms with van der Waals surface area (Å²) in [6.45, 7) is 4.71. The molecule has 1 aliphatic heterocycles. The van der Waals surface area contributed by atoms with Crippen molar-refractivity contribution in [3.8, 4) is 0 Å². The number of rotatable bonds is 4. The lowest BCUT2D eigenvalue weighted by atomic mass is 9.88. The second-order valence-electron chi connectivity index (χ2n) is 7.02. The van der Waals surface area contributed by atoms with Gasteiger partial charge in [-0.05, 0) is 50.9 Å². The minimum atomic E-state index is -0.648. The van der Waals surface area contributed by atoms with Crippen LogP contribution in [-0.2, 0) is 9.59 Å². The predicted molar refractivity (Wildman–Crippen MR) is 77.0 cm³/mol. The van der Waals surface area contributed by atoms with Gasteiger partial charge in [-0.25, -0.2) is 0 Å². The molecule has 0 spiro atoms. The molecule has 0 bridgehead atoms. The van der Waals surface area contributed by atoms with Gasteiger partial charge >= 0.3 is 0 Å². The molecule has 2 aliphatic carbocycles. The fourth-order valence-electron chi connectivity index (χ4n) is 3.74. The molecule has 2 atom stereocenters. The van der Waals surface area contributed by atoms with Crippen LogP contribution >= 0.6 is 0 Å². The lowest BCUT2D eigenvalue weighted by molar-refractivity contribution is -0.158. The number of carbonyl (C=O) groups is 2. The van der Waals surface area contributed by atoms with Gasteiger partial charge in [0.05, 0.1) is 0 Å². The summed E-state index contributed by atoms with van der Waals surface area (Å²) in [5.74, 6) is 1.20. The molecule has 3 fully saturated rings. The monoisotopic (exact) mass is 278 g/mol. The van der Waals surface area contributed by atoms with E-state index in [9.17, 15) is 9.59 Å². The molecule has 0 aromatic rings. The number of nitrogens with one attached hydrogen (secondary N) is 1. The molecule has 0 aromatic heterocycles. The van der Waals surface area contributed by atoms with Crippen LogP contribution in [0.4, 0.5) is 0 Å². The number of piperazine rings is 1. The van der Waals surface area contributed by atoms with Gasteiger partial charge in [0.1, 0.15) is 11.6 Å². The quantitative estimate of drug-likeness (QED) is 0.856. The number of nitrogens with zero attached hydrogens (tertiary/aromatic N) is 1. The molecule has 0 aromatic carbocycles. The van der Waals surface area contributed by atoms with Gasteiger partial charge in [-0.2, -0.15) is 0 Å². The minimum Gasteiger partial charge on any atom is -0.342 e. The van der Waals surface area contributed by atoms with Crippen LogP contribution in [0.3, 0.4) is 0 Å². The summed E-state index contributed by atoms with van der Waals surface area (Å²) >= 11 is 0. The van der Waals surface area contributed by atoms with Gasteiger partial charge < -0.3 is 10.2 Å². The summed E-state index contributed by atoms with van der Waals surface area (Å²) in [4.78, 5) is 27.3. The Labute approximate surface area is 121 Å². The molecule has 20 heavy (non-hydrogen) atoms. The maximum Gasteiger partial charge on any atom is 0.246 e. The normalized spacial score (nSPS) is 35.5. The number of carbonyl (C=O) groups excluding carboxylic acids is 2. The first-order valence-electron chi connectivity index (χ1n) is 8.18. The summed E-state index contributed by atoms with van der Waals surface area (Å²) in [6.07, 6.45) is 7.81. The van der Waals surface area contributed by atoms with Gasteiger partial charge in [-0.1, -0.05) is 19.8 Å². The largest absolute Gasteiger partial charge is 0.342 e. The van der Waals surface area contributed by atoms with E-state index in [-0.39, 0.29) is 17.9 Å². The van der Waals surface area contributed by atoms with E-state index < -0.39 is 5.54 Å². The van der Waals surface area contributed by atoms with Crippen LogP contribution in [0, 0.1) is 11.8 Å². The van der Waals surface area contributed by atoms with Crippen molar-refractivity contribution in [2.75, 3.05) is 6.54 Å². The van der Waals surface area contributed by atoms with Crippen LogP contribution in [0.15, 0.2) is 0 Å². The average Bonchev–Trinajstić information content (AvgIpc) is 3.15. The zero-order valence-corrected chi connectivity index (χ0v) is 12.7. The highest BCUT2D eigenvalue weighted by molar-refractivity contribution is 5.99. The Hall–Kier alpha value is -1.06. The van der Waals surface area contributed by atoms with Crippen molar-refractivity contribution in [1.29, 1.82) is 0 Å². The van der Waals surface area contributed by atoms with Crippen molar-refractivity contribution in [1.82, 2.24) is 10.2 Å². The van der Waals surface area contributed by atoms with Gasteiger partial charge in [-0.3, -0.25) is 9.59 Å². The topological polar surface area (TPSA) is 49.4 Å². The van der Waals surface area contributed by atoms with Crippen molar-refractivity contribution < 1.29 is 9.59 Å². The SMILES string of the molecule is CCC1(C)C(=O)NC(C2CC2)C(=O)N1CC1CCCC1. The van der Waals surface area contributed by atoms with Gasteiger partial charge in [0.2, 0.25) is 11.8 Å². The maximum atomic E-state index is 12.8. The van der Waals surface area contributed by atoms with Crippen molar-refractivity contribution in [2.24, 2.45) is 11.8 Å². The summed E-state index contributed by atoms with van der Waals surface area (Å²) in [5.41, 5.74) is -0.648. The van der Waals surface area contributed by atoms with Crippen LogP contribution in [0.5, 0.6) is 0 Å². The highest BCUT2D eigenvalue weighted by Crippen LogP contribution is 2.38. The molecule has 3 rings (SSSR count).